The average Bonchev–Trinajstić information content (AvgIpc) is 3.09. The number of amides is 1. The predicted octanol–water partition coefficient (Wildman–Crippen LogP) is 4.61. The zero-order valence-electron chi connectivity index (χ0n) is 19.6. The number of carbonyl (C=O) groups is 3. The van der Waals surface area contributed by atoms with Crippen molar-refractivity contribution in [2.75, 3.05) is 13.2 Å². The highest BCUT2D eigenvalue weighted by molar-refractivity contribution is 6.06. The van der Waals surface area contributed by atoms with E-state index in [1.807, 2.05) is 36.4 Å². The molecule has 0 saturated carbocycles. The van der Waals surface area contributed by atoms with Crippen LogP contribution in [0.25, 0.3) is 10.9 Å². The Morgan fingerprint density at radius 3 is 2.53 bits per heavy atom. The van der Waals surface area contributed by atoms with Crippen molar-refractivity contribution in [2.45, 2.75) is 51.9 Å². The van der Waals surface area contributed by atoms with E-state index in [-0.39, 0.29) is 18.3 Å². The van der Waals surface area contributed by atoms with Crippen molar-refractivity contribution in [3.8, 4) is 0 Å². The summed E-state index contributed by atoms with van der Waals surface area (Å²) in [5, 5.41) is 3.56. The Balaban J connectivity index is 1.43. The van der Waals surface area contributed by atoms with E-state index in [0.29, 0.717) is 17.7 Å². The topological polar surface area (TPSA) is 85.4 Å². The molecule has 0 fully saturated rings. The second kappa shape index (κ2) is 11.1. The number of benzene rings is 2. The molecule has 1 aliphatic carbocycles. The van der Waals surface area contributed by atoms with Crippen LogP contribution in [0.3, 0.4) is 0 Å². The van der Waals surface area contributed by atoms with Gasteiger partial charge in [-0.3, -0.25) is 14.6 Å². The van der Waals surface area contributed by atoms with Gasteiger partial charge < -0.3 is 10.1 Å². The number of Topliss-reactive ketones (excluding diaryl/α,β-unsaturated/α-hetero) is 1. The van der Waals surface area contributed by atoms with Crippen LogP contribution in [0.5, 0.6) is 0 Å². The van der Waals surface area contributed by atoms with E-state index in [2.05, 4.69) is 5.32 Å². The fourth-order valence-electron chi connectivity index (χ4n) is 4.48. The first kappa shape index (κ1) is 23.6. The molecule has 1 amide bonds. The largest absolute Gasteiger partial charge is 0.454 e. The van der Waals surface area contributed by atoms with Crippen LogP contribution in [0.1, 0.15) is 70.1 Å². The highest BCUT2D eigenvalue weighted by atomic mass is 16.5. The number of nitrogens with one attached hydrogen (secondary N) is 1. The molecule has 0 saturated heterocycles. The number of hydrogen-bond donors (Lipinski definition) is 1. The lowest BCUT2D eigenvalue weighted by atomic mass is 9.97. The fourth-order valence-corrected chi connectivity index (χ4v) is 4.48. The van der Waals surface area contributed by atoms with Crippen LogP contribution in [0.15, 0.2) is 48.5 Å². The molecule has 34 heavy (non-hydrogen) atoms. The highest BCUT2D eigenvalue weighted by Crippen LogP contribution is 2.29. The number of pyridine rings is 1. The van der Waals surface area contributed by atoms with E-state index in [4.69, 9.17) is 9.72 Å². The molecule has 0 bridgehead atoms. The first-order valence-corrected chi connectivity index (χ1v) is 12.0. The lowest BCUT2D eigenvalue weighted by Gasteiger charge is -2.14. The molecule has 1 aromatic heterocycles. The van der Waals surface area contributed by atoms with Crippen molar-refractivity contribution >= 4 is 28.6 Å². The highest BCUT2D eigenvalue weighted by Gasteiger charge is 2.23. The normalized spacial score (nSPS) is 13.1. The first-order valence-electron chi connectivity index (χ1n) is 12.0. The molecule has 2 aromatic carbocycles. The van der Waals surface area contributed by atoms with Gasteiger partial charge in [0.2, 0.25) is 5.91 Å². The molecule has 4 rings (SSSR count). The summed E-state index contributed by atoms with van der Waals surface area (Å²) >= 11 is 0. The van der Waals surface area contributed by atoms with E-state index in [9.17, 15) is 14.4 Å². The molecule has 1 heterocycles. The Morgan fingerprint density at radius 2 is 1.74 bits per heavy atom. The van der Waals surface area contributed by atoms with Gasteiger partial charge in [-0.05, 0) is 55.7 Å². The third-order valence-corrected chi connectivity index (χ3v) is 6.25. The Hall–Kier alpha value is -3.54. The number of para-hydroxylation sites is 1. The number of rotatable bonds is 8. The molecule has 6 nitrogen and oxygen atoms in total. The summed E-state index contributed by atoms with van der Waals surface area (Å²) < 4.78 is 5.53. The number of aryl methyl sites for hydroxylation is 2. The van der Waals surface area contributed by atoms with E-state index >= 15 is 0 Å². The number of hydrogen-bond acceptors (Lipinski definition) is 5. The number of esters is 1. The van der Waals surface area contributed by atoms with Gasteiger partial charge in [0.25, 0.3) is 0 Å². The van der Waals surface area contributed by atoms with Gasteiger partial charge in [0.15, 0.2) is 12.4 Å². The van der Waals surface area contributed by atoms with Crippen LogP contribution in [0.4, 0.5) is 0 Å². The summed E-state index contributed by atoms with van der Waals surface area (Å²) in [6.45, 7) is 1.83. The minimum absolute atomic E-state index is 0.0358. The summed E-state index contributed by atoms with van der Waals surface area (Å²) in [5.41, 5.74) is 4.89. The van der Waals surface area contributed by atoms with E-state index < -0.39 is 5.97 Å². The maximum Gasteiger partial charge on any atom is 0.339 e. The van der Waals surface area contributed by atoms with Crippen molar-refractivity contribution in [3.05, 3.63) is 76.5 Å². The van der Waals surface area contributed by atoms with Crippen molar-refractivity contribution < 1.29 is 19.1 Å². The molecule has 1 aliphatic rings. The first-order chi connectivity index (χ1) is 16.5. The maximum atomic E-state index is 13.2. The molecule has 0 aliphatic heterocycles. The monoisotopic (exact) mass is 458 g/mol. The summed E-state index contributed by atoms with van der Waals surface area (Å²) in [5.74, 6) is -0.728. The van der Waals surface area contributed by atoms with Crippen LogP contribution >= 0.6 is 0 Å². The Bertz CT molecular complexity index is 1200. The van der Waals surface area contributed by atoms with Crippen LogP contribution in [0, 0.1) is 0 Å². The molecular formula is C28H30N2O4. The van der Waals surface area contributed by atoms with Gasteiger partial charge in [-0.15, -0.1) is 0 Å². The Morgan fingerprint density at radius 1 is 0.971 bits per heavy atom. The Labute approximate surface area is 199 Å². The van der Waals surface area contributed by atoms with Gasteiger partial charge in [-0.25, -0.2) is 4.79 Å². The van der Waals surface area contributed by atoms with E-state index in [1.165, 1.54) is 6.92 Å². The van der Waals surface area contributed by atoms with Crippen LogP contribution in [0.2, 0.25) is 0 Å². The number of carbonyl (C=O) groups excluding carboxylic acids is 3. The molecule has 3 aromatic rings. The van der Waals surface area contributed by atoms with Gasteiger partial charge in [0.05, 0.1) is 11.1 Å². The van der Waals surface area contributed by atoms with E-state index in [1.54, 1.807) is 12.1 Å². The molecule has 0 spiro atoms. The number of aromatic nitrogens is 1. The number of nitrogens with zero attached hydrogens (tertiary/aromatic N) is 1. The van der Waals surface area contributed by atoms with Gasteiger partial charge in [-0.2, -0.15) is 0 Å². The van der Waals surface area contributed by atoms with Gasteiger partial charge in [0.1, 0.15) is 0 Å². The standard InChI is InChI=1S/C28H30N2O4/c1-19(31)29-17-7-8-20-13-15-21(16-14-20)26(32)18-34-28(33)27-22-9-3-2-4-11-24(22)30-25-12-6-5-10-23(25)27/h5-6,10,12-16H,2-4,7-9,11,17-18H2,1H3,(H,29,31). The fraction of sp³-hybridized carbons (Fsp3) is 0.357. The molecular weight excluding hydrogens is 428 g/mol. The van der Waals surface area contributed by atoms with E-state index in [0.717, 1.165) is 72.7 Å². The molecule has 6 heteroatoms. The van der Waals surface area contributed by atoms with Crippen molar-refractivity contribution in [2.24, 2.45) is 0 Å². The van der Waals surface area contributed by atoms with Crippen molar-refractivity contribution in [1.82, 2.24) is 10.3 Å². The summed E-state index contributed by atoms with van der Waals surface area (Å²) in [6, 6.07) is 15.0. The Kier molecular flexibility index (Phi) is 7.68. The molecule has 0 atom stereocenters. The molecule has 176 valence electrons. The number of fused-ring (bicyclic) bond motifs is 2. The van der Waals surface area contributed by atoms with Crippen LogP contribution < -0.4 is 5.32 Å². The lowest BCUT2D eigenvalue weighted by Crippen LogP contribution is -2.21. The number of ketones is 1. The third kappa shape index (κ3) is 5.68. The zero-order chi connectivity index (χ0) is 23.9. The predicted molar refractivity (Wildman–Crippen MR) is 131 cm³/mol. The average molecular weight is 459 g/mol. The summed E-state index contributed by atoms with van der Waals surface area (Å²) in [7, 11) is 0. The second-order valence-electron chi connectivity index (χ2n) is 8.77. The minimum Gasteiger partial charge on any atom is -0.454 e. The van der Waals surface area contributed by atoms with Crippen molar-refractivity contribution in [1.29, 1.82) is 0 Å². The molecule has 1 N–H and O–H groups in total. The number of ether oxygens (including phenoxy) is 1. The molecule has 0 unspecified atom stereocenters. The maximum absolute atomic E-state index is 13.2. The SMILES string of the molecule is CC(=O)NCCCc1ccc(C(=O)COC(=O)c2c3c(nc4ccccc24)CCCCC3)cc1. The minimum atomic E-state index is -0.459. The van der Waals surface area contributed by atoms with Crippen LogP contribution in [-0.4, -0.2) is 35.8 Å². The molecule has 0 radical (unpaired) electrons. The third-order valence-electron chi connectivity index (χ3n) is 6.25. The lowest BCUT2D eigenvalue weighted by molar-refractivity contribution is -0.118. The quantitative estimate of drug-likeness (QED) is 0.231. The summed E-state index contributed by atoms with van der Waals surface area (Å²) in [6.07, 6.45) is 6.49. The zero-order valence-corrected chi connectivity index (χ0v) is 19.6. The van der Waals surface area contributed by atoms with Crippen molar-refractivity contribution in [3.63, 3.8) is 0 Å². The van der Waals surface area contributed by atoms with Gasteiger partial charge in [-0.1, -0.05) is 48.9 Å². The summed E-state index contributed by atoms with van der Waals surface area (Å²) in [4.78, 5) is 41.6. The smallest absolute Gasteiger partial charge is 0.339 e. The van der Waals surface area contributed by atoms with Gasteiger partial charge in [0, 0.05) is 30.1 Å². The van der Waals surface area contributed by atoms with Gasteiger partial charge >= 0.3 is 5.97 Å². The second-order valence-corrected chi connectivity index (χ2v) is 8.77. The van der Waals surface area contributed by atoms with Crippen LogP contribution in [-0.2, 0) is 28.8 Å².